The Labute approximate surface area is 127 Å². The minimum Gasteiger partial charge on any atom is -0.353 e. The molecule has 2 amide bonds. The molecule has 0 spiro atoms. The first-order valence-corrected chi connectivity index (χ1v) is 8.73. The SMILES string of the molecule is C[C@@H]1CCC[C@H](NC(=O)[C@H]2CC(=O)N(C3CCCC3)C2)C1. The second kappa shape index (κ2) is 6.37. The average molecular weight is 292 g/mol. The van der Waals surface area contributed by atoms with E-state index in [1.165, 1.54) is 25.7 Å². The number of carbonyl (C=O) groups excluding carboxylic acids is 2. The van der Waals surface area contributed by atoms with Crippen molar-refractivity contribution in [2.24, 2.45) is 11.8 Å². The molecule has 3 fully saturated rings. The largest absolute Gasteiger partial charge is 0.353 e. The van der Waals surface area contributed by atoms with Gasteiger partial charge in [0.1, 0.15) is 0 Å². The van der Waals surface area contributed by atoms with E-state index in [-0.39, 0.29) is 17.7 Å². The summed E-state index contributed by atoms with van der Waals surface area (Å²) < 4.78 is 0. The van der Waals surface area contributed by atoms with E-state index in [0.717, 1.165) is 25.7 Å². The third-order valence-corrected chi connectivity index (χ3v) is 5.58. The van der Waals surface area contributed by atoms with Crippen LogP contribution in [0.15, 0.2) is 0 Å². The lowest BCUT2D eigenvalue weighted by molar-refractivity contribution is -0.130. The molecule has 2 aliphatic carbocycles. The van der Waals surface area contributed by atoms with E-state index in [1.54, 1.807) is 0 Å². The molecule has 3 atom stereocenters. The van der Waals surface area contributed by atoms with Crippen molar-refractivity contribution >= 4 is 11.8 Å². The van der Waals surface area contributed by atoms with Crippen LogP contribution in [0.3, 0.4) is 0 Å². The van der Waals surface area contributed by atoms with Crippen LogP contribution in [-0.4, -0.2) is 35.3 Å². The molecule has 1 N–H and O–H groups in total. The van der Waals surface area contributed by atoms with Gasteiger partial charge in [0, 0.05) is 25.0 Å². The summed E-state index contributed by atoms with van der Waals surface area (Å²) in [5, 5.41) is 3.21. The van der Waals surface area contributed by atoms with Crippen molar-refractivity contribution in [2.75, 3.05) is 6.54 Å². The van der Waals surface area contributed by atoms with Crippen molar-refractivity contribution < 1.29 is 9.59 Å². The van der Waals surface area contributed by atoms with Crippen LogP contribution in [0, 0.1) is 11.8 Å². The van der Waals surface area contributed by atoms with Crippen LogP contribution >= 0.6 is 0 Å². The standard InChI is InChI=1S/C17H28N2O2/c1-12-5-4-6-14(9-12)18-17(21)13-10-16(20)19(11-13)15-7-2-3-8-15/h12-15H,2-11H2,1H3,(H,18,21)/t12-,13+,14+/m1/s1. The summed E-state index contributed by atoms with van der Waals surface area (Å²) in [6, 6.07) is 0.738. The molecule has 0 aromatic rings. The Kier molecular flexibility index (Phi) is 4.51. The van der Waals surface area contributed by atoms with Gasteiger partial charge >= 0.3 is 0 Å². The Balaban J connectivity index is 1.52. The monoisotopic (exact) mass is 292 g/mol. The van der Waals surface area contributed by atoms with Crippen LogP contribution in [0.4, 0.5) is 0 Å². The maximum absolute atomic E-state index is 12.4. The van der Waals surface area contributed by atoms with Crippen LogP contribution in [0.1, 0.15) is 64.7 Å². The maximum atomic E-state index is 12.4. The predicted octanol–water partition coefficient (Wildman–Crippen LogP) is 2.47. The summed E-state index contributed by atoms with van der Waals surface area (Å²) >= 11 is 0. The highest BCUT2D eigenvalue weighted by atomic mass is 16.2. The molecule has 3 aliphatic rings. The number of nitrogens with zero attached hydrogens (tertiary/aromatic N) is 1. The molecule has 0 radical (unpaired) electrons. The topological polar surface area (TPSA) is 49.4 Å². The Hall–Kier alpha value is -1.06. The summed E-state index contributed by atoms with van der Waals surface area (Å²) in [6.07, 6.45) is 9.82. The fraction of sp³-hybridized carbons (Fsp3) is 0.882. The van der Waals surface area contributed by atoms with E-state index >= 15 is 0 Å². The highest BCUT2D eigenvalue weighted by molar-refractivity contribution is 5.89. The van der Waals surface area contributed by atoms with Gasteiger partial charge in [-0.2, -0.15) is 0 Å². The Bertz CT molecular complexity index is 404. The molecule has 0 unspecified atom stereocenters. The Morgan fingerprint density at radius 2 is 1.90 bits per heavy atom. The molecular formula is C17H28N2O2. The van der Waals surface area contributed by atoms with Gasteiger partial charge in [-0.15, -0.1) is 0 Å². The average Bonchev–Trinajstić information content (AvgIpc) is 3.07. The van der Waals surface area contributed by atoms with Crippen molar-refractivity contribution in [1.29, 1.82) is 0 Å². The first-order valence-electron chi connectivity index (χ1n) is 8.73. The van der Waals surface area contributed by atoms with Crippen molar-refractivity contribution in [1.82, 2.24) is 10.2 Å². The van der Waals surface area contributed by atoms with E-state index in [0.29, 0.717) is 31.0 Å². The number of rotatable bonds is 3. The lowest BCUT2D eigenvalue weighted by Crippen LogP contribution is -2.42. The third kappa shape index (κ3) is 3.41. The molecule has 1 saturated heterocycles. The summed E-state index contributed by atoms with van der Waals surface area (Å²) in [5.74, 6) is 0.904. The zero-order chi connectivity index (χ0) is 14.8. The quantitative estimate of drug-likeness (QED) is 0.868. The van der Waals surface area contributed by atoms with Crippen LogP contribution in [0.5, 0.6) is 0 Å². The predicted molar refractivity (Wildman–Crippen MR) is 81.6 cm³/mol. The van der Waals surface area contributed by atoms with Gasteiger partial charge in [0.25, 0.3) is 0 Å². The molecule has 1 heterocycles. The smallest absolute Gasteiger partial charge is 0.225 e. The zero-order valence-corrected chi connectivity index (χ0v) is 13.1. The van der Waals surface area contributed by atoms with Gasteiger partial charge in [-0.25, -0.2) is 0 Å². The van der Waals surface area contributed by atoms with E-state index in [2.05, 4.69) is 12.2 Å². The number of amides is 2. The van der Waals surface area contributed by atoms with Crippen molar-refractivity contribution in [3.8, 4) is 0 Å². The minimum absolute atomic E-state index is 0.114. The molecule has 4 heteroatoms. The zero-order valence-electron chi connectivity index (χ0n) is 13.1. The number of carbonyl (C=O) groups is 2. The second-order valence-electron chi connectivity index (χ2n) is 7.36. The van der Waals surface area contributed by atoms with Crippen molar-refractivity contribution in [3.63, 3.8) is 0 Å². The minimum atomic E-state index is -0.115. The van der Waals surface area contributed by atoms with Crippen molar-refractivity contribution in [3.05, 3.63) is 0 Å². The molecule has 2 saturated carbocycles. The second-order valence-corrected chi connectivity index (χ2v) is 7.36. The first kappa shape index (κ1) is 14.9. The Morgan fingerprint density at radius 3 is 2.62 bits per heavy atom. The van der Waals surface area contributed by atoms with Crippen LogP contribution in [0.2, 0.25) is 0 Å². The molecule has 0 aromatic heterocycles. The van der Waals surface area contributed by atoms with Crippen LogP contribution in [0.25, 0.3) is 0 Å². The van der Waals surface area contributed by atoms with E-state index in [9.17, 15) is 9.59 Å². The number of nitrogens with one attached hydrogen (secondary N) is 1. The van der Waals surface area contributed by atoms with Gasteiger partial charge in [0.15, 0.2) is 0 Å². The molecule has 1 aliphatic heterocycles. The number of hydrogen-bond acceptors (Lipinski definition) is 2. The van der Waals surface area contributed by atoms with E-state index in [4.69, 9.17) is 0 Å². The fourth-order valence-electron chi connectivity index (χ4n) is 4.36. The van der Waals surface area contributed by atoms with Gasteiger partial charge in [-0.05, 0) is 31.6 Å². The number of likely N-dealkylation sites (tertiary alicyclic amines) is 1. The van der Waals surface area contributed by atoms with E-state index < -0.39 is 0 Å². The van der Waals surface area contributed by atoms with Crippen LogP contribution in [-0.2, 0) is 9.59 Å². The molecule has 118 valence electrons. The van der Waals surface area contributed by atoms with Gasteiger partial charge < -0.3 is 10.2 Å². The molecule has 0 aromatic carbocycles. The highest BCUT2D eigenvalue weighted by Gasteiger charge is 2.39. The van der Waals surface area contributed by atoms with Crippen molar-refractivity contribution in [2.45, 2.75) is 76.8 Å². The lowest BCUT2D eigenvalue weighted by Gasteiger charge is -2.28. The summed E-state index contributed by atoms with van der Waals surface area (Å²) in [4.78, 5) is 26.6. The molecule has 4 nitrogen and oxygen atoms in total. The summed E-state index contributed by atoms with van der Waals surface area (Å²) in [5.41, 5.74) is 0. The highest BCUT2D eigenvalue weighted by Crippen LogP contribution is 2.30. The molecule has 3 rings (SSSR count). The molecular weight excluding hydrogens is 264 g/mol. The van der Waals surface area contributed by atoms with Gasteiger partial charge in [0.2, 0.25) is 11.8 Å². The fourth-order valence-corrected chi connectivity index (χ4v) is 4.36. The van der Waals surface area contributed by atoms with E-state index in [1.807, 2.05) is 4.90 Å². The number of hydrogen-bond donors (Lipinski definition) is 1. The molecule has 0 bridgehead atoms. The van der Waals surface area contributed by atoms with Gasteiger partial charge in [-0.1, -0.05) is 32.6 Å². The Morgan fingerprint density at radius 1 is 1.14 bits per heavy atom. The first-order chi connectivity index (χ1) is 10.1. The normalized spacial score (nSPS) is 34.4. The van der Waals surface area contributed by atoms with Gasteiger partial charge in [-0.3, -0.25) is 9.59 Å². The summed E-state index contributed by atoms with van der Waals surface area (Å²) in [6.45, 7) is 2.91. The van der Waals surface area contributed by atoms with Crippen LogP contribution < -0.4 is 5.32 Å². The summed E-state index contributed by atoms with van der Waals surface area (Å²) in [7, 11) is 0. The maximum Gasteiger partial charge on any atom is 0.225 e. The lowest BCUT2D eigenvalue weighted by atomic mass is 9.87. The van der Waals surface area contributed by atoms with Gasteiger partial charge in [0.05, 0.1) is 5.92 Å². The molecule has 21 heavy (non-hydrogen) atoms. The third-order valence-electron chi connectivity index (χ3n) is 5.58.